The first-order chi connectivity index (χ1) is 24.6. The van der Waals surface area contributed by atoms with Crippen LogP contribution in [0.3, 0.4) is 0 Å². The molecule has 3 aromatic rings. The predicted octanol–water partition coefficient (Wildman–Crippen LogP) is 5.24. The second-order valence-corrected chi connectivity index (χ2v) is 14.2. The van der Waals surface area contributed by atoms with E-state index in [0.29, 0.717) is 85.4 Å². The minimum Gasteiger partial charge on any atom is -0.490 e. The van der Waals surface area contributed by atoms with Crippen LogP contribution in [0.25, 0.3) is 0 Å². The van der Waals surface area contributed by atoms with Gasteiger partial charge in [-0.1, -0.05) is 17.7 Å². The average Bonchev–Trinajstić information content (AvgIpc) is 3.76. The van der Waals surface area contributed by atoms with Gasteiger partial charge in [-0.15, -0.1) is 11.3 Å². The molecule has 0 bridgehead atoms. The number of piperazine rings is 1. The number of urea groups is 1. The molecule has 2 amide bonds. The van der Waals surface area contributed by atoms with Crippen LogP contribution >= 0.6 is 22.9 Å². The molecule has 0 unspecified atom stereocenters. The second kappa shape index (κ2) is 14.6. The predicted molar refractivity (Wildman–Crippen MR) is 185 cm³/mol. The highest BCUT2D eigenvalue weighted by Gasteiger charge is 2.43. The Morgan fingerprint density at radius 3 is 2.59 bits per heavy atom. The van der Waals surface area contributed by atoms with Gasteiger partial charge in [0.15, 0.2) is 10.8 Å². The minimum absolute atomic E-state index is 0.111. The van der Waals surface area contributed by atoms with Crippen LogP contribution in [0.15, 0.2) is 64.2 Å². The lowest BCUT2D eigenvalue weighted by Gasteiger charge is -2.38. The first-order valence-electron chi connectivity index (χ1n) is 16.6. The Hall–Kier alpha value is -4.60. The monoisotopic (exact) mass is 740 g/mol. The molecule has 2 saturated heterocycles. The number of amides is 2. The van der Waals surface area contributed by atoms with E-state index in [2.05, 4.69) is 15.2 Å². The number of amidine groups is 1. The Morgan fingerprint density at radius 1 is 1.08 bits per heavy atom. The highest BCUT2D eigenvalue weighted by atomic mass is 35.5. The Bertz CT molecular complexity index is 1900. The molecule has 1 aromatic heterocycles. The number of anilines is 1. The van der Waals surface area contributed by atoms with Gasteiger partial charge < -0.3 is 24.8 Å². The van der Waals surface area contributed by atoms with Crippen LogP contribution in [0.5, 0.6) is 5.75 Å². The summed E-state index contributed by atoms with van der Waals surface area (Å²) in [5, 5.41) is 15.1. The summed E-state index contributed by atoms with van der Waals surface area (Å²) in [7, 11) is 1.28. The largest absolute Gasteiger partial charge is 0.490 e. The maximum atomic E-state index is 14.9. The van der Waals surface area contributed by atoms with Crippen molar-refractivity contribution in [2.75, 3.05) is 44.7 Å². The van der Waals surface area contributed by atoms with Crippen LogP contribution in [0.4, 0.5) is 19.3 Å². The van der Waals surface area contributed by atoms with Crippen molar-refractivity contribution in [2.45, 2.75) is 43.9 Å². The maximum Gasteiger partial charge on any atom is 0.338 e. The summed E-state index contributed by atoms with van der Waals surface area (Å²) in [6, 6.07) is 6.80. The van der Waals surface area contributed by atoms with Crippen molar-refractivity contribution in [3.8, 4) is 5.75 Å². The van der Waals surface area contributed by atoms with Gasteiger partial charge in [-0.3, -0.25) is 19.6 Å². The molecule has 3 aliphatic heterocycles. The van der Waals surface area contributed by atoms with Crippen molar-refractivity contribution in [3.63, 3.8) is 0 Å². The van der Waals surface area contributed by atoms with Gasteiger partial charge in [-0.25, -0.2) is 23.4 Å². The number of thiazole rings is 1. The van der Waals surface area contributed by atoms with E-state index in [1.165, 1.54) is 48.8 Å². The summed E-state index contributed by atoms with van der Waals surface area (Å²) in [5.41, 5.74) is 1.55. The normalized spacial score (nSPS) is 23.8. The summed E-state index contributed by atoms with van der Waals surface area (Å²) in [4.78, 5) is 52.9. The van der Waals surface area contributed by atoms with E-state index >= 15 is 0 Å². The van der Waals surface area contributed by atoms with Gasteiger partial charge in [0, 0.05) is 72.7 Å². The fourth-order valence-corrected chi connectivity index (χ4v) is 8.07. The number of nitrogens with one attached hydrogen (secondary N) is 1. The molecule has 16 heteroatoms. The van der Waals surface area contributed by atoms with Gasteiger partial charge >= 0.3 is 18.0 Å². The van der Waals surface area contributed by atoms with Crippen LogP contribution in [0, 0.1) is 17.6 Å². The molecular formula is C35H35ClF2N6O6S. The molecule has 3 fully saturated rings. The summed E-state index contributed by atoms with van der Waals surface area (Å²) >= 11 is 7.85. The van der Waals surface area contributed by atoms with Crippen molar-refractivity contribution >= 4 is 52.4 Å². The second-order valence-electron chi connectivity index (χ2n) is 12.9. The highest BCUT2D eigenvalue weighted by molar-refractivity contribution is 7.11. The smallest absolute Gasteiger partial charge is 0.338 e. The number of aromatic nitrogens is 1. The van der Waals surface area contributed by atoms with Crippen LogP contribution in [-0.4, -0.2) is 95.7 Å². The summed E-state index contributed by atoms with van der Waals surface area (Å²) in [6.07, 6.45) is 3.50. The topological polar surface area (TPSA) is 137 Å². The molecule has 1 aliphatic carbocycles. The van der Waals surface area contributed by atoms with Crippen LogP contribution in [0.1, 0.15) is 42.3 Å². The first-order valence-corrected chi connectivity index (χ1v) is 17.8. The van der Waals surface area contributed by atoms with Crippen LogP contribution in [-0.2, 0) is 14.3 Å². The van der Waals surface area contributed by atoms with E-state index in [4.69, 9.17) is 26.1 Å². The number of hydrogen-bond donors (Lipinski definition) is 2. The van der Waals surface area contributed by atoms with Crippen molar-refractivity contribution in [1.29, 1.82) is 0 Å². The molecule has 4 heterocycles. The fourth-order valence-electron chi connectivity index (χ4n) is 7.21. The Balaban J connectivity index is 1.10. The number of halogens is 3. The number of carbonyl (C=O) groups excluding carboxylic acids is 2. The first kappa shape index (κ1) is 34.8. The number of esters is 1. The van der Waals surface area contributed by atoms with Crippen molar-refractivity contribution < 1.29 is 37.7 Å². The number of aliphatic carboxylic acids is 1. The molecule has 7 rings (SSSR count). The molecule has 1 saturated carbocycles. The Morgan fingerprint density at radius 2 is 1.88 bits per heavy atom. The quantitative estimate of drug-likeness (QED) is 0.282. The number of methoxy groups -OCH3 is 1. The van der Waals surface area contributed by atoms with Gasteiger partial charge in [0.2, 0.25) is 0 Å². The number of carbonyl (C=O) groups is 3. The maximum absolute atomic E-state index is 14.9. The van der Waals surface area contributed by atoms with E-state index < -0.39 is 35.5 Å². The average molecular weight is 741 g/mol. The van der Waals surface area contributed by atoms with Crippen molar-refractivity contribution in [1.82, 2.24) is 20.1 Å². The summed E-state index contributed by atoms with van der Waals surface area (Å²) in [6.45, 7) is 1.91. The standard InChI is InChI=1S/C35H35ClF2N6O6S/c1-49-34(47)29-28(40-31(32-39-8-11-51-32)41-30(29)26-7-4-20(37)14-27(26)36)18-42-9-10-43-23(16-42)17-44(35(43)48)22-12-21(38)13-25(15-22)50-24-5-2-19(3-6-24)33(45)46/h4,7-8,11-15,19,23-24,30H,2-3,5-6,9-10,16-18H2,1H3,(H,40,41)(H,45,46)/t19-,23-,24+,30-/m0/s1. The van der Waals surface area contributed by atoms with Gasteiger partial charge in [-0.05, 0) is 43.9 Å². The fraction of sp³-hybridized carbons (Fsp3) is 0.400. The molecule has 51 heavy (non-hydrogen) atoms. The zero-order valence-corrected chi connectivity index (χ0v) is 29.1. The summed E-state index contributed by atoms with van der Waals surface area (Å²) in [5.74, 6) is -2.17. The van der Waals surface area contributed by atoms with E-state index in [1.807, 2.05) is 0 Å². The lowest BCUT2D eigenvalue weighted by atomic mass is 9.87. The lowest BCUT2D eigenvalue weighted by Crippen LogP contribution is -2.53. The number of ether oxygens (including phenoxy) is 2. The number of carboxylic acids is 1. The molecule has 2 N–H and O–H groups in total. The molecule has 0 spiro atoms. The third-order valence-corrected chi connectivity index (χ3v) is 10.8. The molecule has 0 radical (unpaired) electrons. The lowest BCUT2D eigenvalue weighted by molar-refractivity contribution is -0.143. The van der Waals surface area contributed by atoms with Gasteiger partial charge in [0.05, 0.1) is 36.4 Å². The molecule has 268 valence electrons. The van der Waals surface area contributed by atoms with Gasteiger partial charge in [0.25, 0.3) is 0 Å². The van der Waals surface area contributed by atoms with E-state index in [1.54, 1.807) is 27.4 Å². The molecule has 4 aliphatic rings. The van der Waals surface area contributed by atoms with Crippen molar-refractivity contribution in [3.05, 3.63) is 86.5 Å². The summed E-state index contributed by atoms with van der Waals surface area (Å²) < 4.78 is 40.2. The molecule has 2 aromatic carbocycles. The molecular weight excluding hydrogens is 706 g/mol. The minimum atomic E-state index is -0.901. The third kappa shape index (κ3) is 7.28. The number of rotatable bonds is 9. The van der Waals surface area contributed by atoms with Gasteiger partial charge in [-0.2, -0.15) is 0 Å². The van der Waals surface area contributed by atoms with Gasteiger partial charge in [0.1, 0.15) is 23.4 Å². The van der Waals surface area contributed by atoms with Crippen LogP contribution in [0.2, 0.25) is 5.02 Å². The van der Waals surface area contributed by atoms with E-state index in [-0.39, 0.29) is 35.3 Å². The number of carboxylic acid groups (broad SMARTS) is 1. The molecule has 2 atom stereocenters. The number of benzene rings is 2. The SMILES string of the molecule is COC(=O)C1=C(CN2CCN3C(=O)N(c4cc(F)cc(O[C@H]5CC[C@@H](C(=O)O)CC5)c4)C[C@@H]3C2)NC(c2nccs2)=N[C@H]1c1ccc(F)cc1Cl. The van der Waals surface area contributed by atoms with E-state index in [0.717, 1.165) is 0 Å². The zero-order valence-electron chi connectivity index (χ0n) is 27.6. The highest BCUT2D eigenvalue weighted by Crippen LogP contribution is 2.38. The Labute approximate surface area is 301 Å². The van der Waals surface area contributed by atoms with Crippen LogP contribution < -0.4 is 15.0 Å². The number of fused-ring (bicyclic) bond motifs is 1. The van der Waals surface area contributed by atoms with E-state index in [9.17, 15) is 28.3 Å². The number of hydrogen-bond acceptors (Lipinski definition) is 10. The third-order valence-electron chi connectivity index (χ3n) is 9.74. The molecule has 12 nitrogen and oxygen atoms in total. The van der Waals surface area contributed by atoms with Crippen molar-refractivity contribution in [2.24, 2.45) is 10.9 Å². The Kier molecular flexibility index (Phi) is 9.94. The number of aliphatic imine (C=N–C) groups is 1. The zero-order chi connectivity index (χ0) is 35.8. The number of nitrogens with zero attached hydrogens (tertiary/aromatic N) is 5.